The highest BCUT2D eigenvalue weighted by Crippen LogP contribution is 2.43. The number of nitrogens with zero attached hydrogens (tertiary/aromatic N) is 5. The molecule has 194 valence electrons. The van der Waals surface area contributed by atoms with Crippen molar-refractivity contribution in [1.82, 2.24) is 14.8 Å². The summed E-state index contributed by atoms with van der Waals surface area (Å²) in [5.74, 6) is 1.20. The van der Waals surface area contributed by atoms with Gasteiger partial charge in [0.15, 0.2) is 16.7 Å². The molecular formula is C26H21Cl2N5O4S. The van der Waals surface area contributed by atoms with Crippen molar-refractivity contribution in [2.45, 2.75) is 23.9 Å². The van der Waals surface area contributed by atoms with Gasteiger partial charge in [0.1, 0.15) is 17.7 Å². The van der Waals surface area contributed by atoms with Crippen molar-refractivity contribution in [3.8, 4) is 23.3 Å². The normalized spacial score (nSPS) is 11.6. The lowest BCUT2D eigenvalue weighted by atomic mass is 10.1. The first-order valence-corrected chi connectivity index (χ1v) is 12.9. The Morgan fingerprint density at radius 1 is 1.16 bits per heavy atom. The number of nitriles is 1. The largest absolute Gasteiger partial charge is 0.493 e. The lowest BCUT2D eigenvalue weighted by Gasteiger charge is -2.18. The number of benzene rings is 3. The van der Waals surface area contributed by atoms with Crippen LogP contribution in [0.5, 0.6) is 11.5 Å². The Hall–Kier alpha value is -3.78. The number of hydrogen-bond donors (Lipinski definition) is 0. The number of thioether (sulfide) groups is 1. The summed E-state index contributed by atoms with van der Waals surface area (Å²) in [6.07, 6.45) is 0. The third-order valence-electron chi connectivity index (χ3n) is 5.58. The summed E-state index contributed by atoms with van der Waals surface area (Å²) in [6, 6.07) is 19.6. The van der Waals surface area contributed by atoms with Crippen molar-refractivity contribution in [2.75, 3.05) is 13.7 Å². The van der Waals surface area contributed by atoms with E-state index in [-0.39, 0.29) is 17.4 Å². The van der Waals surface area contributed by atoms with Gasteiger partial charge in [-0.15, -0.1) is 10.2 Å². The molecule has 1 atom stereocenters. The molecule has 1 aromatic heterocycles. The van der Waals surface area contributed by atoms with Gasteiger partial charge in [-0.2, -0.15) is 5.26 Å². The van der Waals surface area contributed by atoms with Crippen molar-refractivity contribution in [2.24, 2.45) is 0 Å². The van der Waals surface area contributed by atoms with Gasteiger partial charge in [-0.05, 0) is 55.0 Å². The van der Waals surface area contributed by atoms with E-state index in [4.69, 9.17) is 32.7 Å². The Labute approximate surface area is 233 Å². The monoisotopic (exact) mass is 569 g/mol. The lowest BCUT2D eigenvalue weighted by Crippen LogP contribution is -2.12. The summed E-state index contributed by atoms with van der Waals surface area (Å²) in [5.41, 5.74) is 2.51. The van der Waals surface area contributed by atoms with Crippen molar-refractivity contribution in [3.05, 3.63) is 103 Å². The number of hydrogen-bond acceptors (Lipinski definition) is 8. The molecule has 0 saturated heterocycles. The number of ether oxygens (including phenoxy) is 2. The van der Waals surface area contributed by atoms with Gasteiger partial charge >= 0.3 is 0 Å². The maximum absolute atomic E-state index is 11.6. The molecule has 4 rings (SSSR count). The predicted octanol–water partition coefficient (Wildman–Crippen LogP) is 6.45. The van der Waals surface area contributed by atoms with Crippen LogP contribution in [0.15, 0.2) is 65.8 Å². The van der Waals surface area contributed by atoms with Crippen LogP contribution in [0.4, 0.5) is 0 Å². The molecule has 0 bridgehead atoms. The summed E-state index contributed by atoms with van der Waals surface area (Å²) < 4.78 is 13.3. The average Bonchev–Trinajstić information content (AvgIpc) is 3.27. The van der Waals surface area contributed by atoms with Crippen molar-refractivity contribution in [3.63, 3.8) is 0 Å². The fourth-order valence-corrected chi connectivity index (χ4v) is 5.30. The first-order chi connectivity index (χ1) is 18.3. The van der Waals surface area contributed by atoms with Gasteiger partial charge in [-0.25, -0.2) is 0 Å². The molecule has 0 aliphatic carbocycles. The predicted molar refractivity (Wildman–Crippen MR) is 145 cm³/mol. The van der Waals surface area contributed by atoms with Crippen LogP contribution in [-0.4, -0.2) is 33.3 Å². The van der Waals surface area contributed by atoms with E-state index in [1.54, 1.807) is 54.0 Å². The quantitative estimate of drug-likeness (QED) is 0.121. The van der Waals surface area contributed by atoms with E-state index in [9.17, 15) is 15.4 Å². The van der Waals surface area contributed by atoms with E-state index in [1.807, 2.05) is 18.2 Å². The second kappa shape index (κ2) is 12.2. The molecule has 0 saturated carbocycles. The smallest absolute Gasteiger partial charge is 0.220 e. The van der Waals surface area contributed by atoms with Crippen LogP contribution in [0, 0.1) is 28.4 Å². The van der Waals surface area contributed by atoms with Crippen molar-refractivity contribution < 1.29 is 14.4 Å². The highest BCUT2D eigenvalue weighted by atomic mass is 35.5. The summed E-state index contributed by atoms with van der Waals surface area (Å²) in [6.45, 7) is 1.49. The zero-order valence-corrected chi connectivity index (χ0v) is 22.6. The van der Waals surface area contributed by atoms with Crippen LogP contribution in [-0.2, 0) is 6.61 Å². The number of aryl methyl sites for hydroxylation is 1. The first-order valence-electron chi connectivity index (χ1n) is 11.2. The molecule has 38 heavy (non-hydrogen) atoms. The fourth-order valence-electron chi connectivity index (χ4n) is 3.75. The van der Waals surface area contributed by atoms with Gasteiger partial charge in [-0.3, -0.25) is 14.7 Å². The highest BCUT2D eigenvalue weighted by Gasteiger charge is 2.26. The number of nitro groups is 1. The van der Waals surface area contributed by atoms with Gasteiger partial charge < -0.3 is 9.47 Å². The van der Waals surface area contributed by atoms with Crippen LogP contribution in [0.2, 0.25) is 10.0 Å². The molecular weight excluding hydrogens is 549 g/mol. The molecule has 12 heteroatoms. The van der Waals surface area contributed by atoms with E-state index in [0.717, 1.165) is 5.69 Å². The Kier molecular flexibility index (Phi) is 8.73. The van der Waals surface area contributed by atoms with Gasteiger partial charge in [0.05, 0.1) is 23.8 Å². The van der Waals surface area contributed by atoms with Gasteiger partial charge in [-0.1, -0.05) is 53.2 Å². The Morgan fingerprint density at radius 2 is 1.89 bits per heavy atom. The second-order valence-electron chi connectivity index (χ2n) is 8.06. The van der Waals surface area contributed by atoms with Gasteiger partial charge in [0.25, 0.3) is 0 Å². The lowest BCUT2D eigenvalue weighted by molar-refractivity contribution is -0.479. The molecule has 4 aromatic rings. The molecule has 0 fully saturated rings. The van der Waals surface area contributed by atoms with Gasteiger partial charge in [0, 0.05) is 21.2 Å². The zero-order chi connectivity index (χ0) is 27.2. The second-order valence-corrected chi connectivity index (χ2v) is 10.1. The van der Waals surface area contributed by atoms with Gasteiger partial charge in [0.2, 0.25) is 6.54 Å². The van der Waals surface area contributed by atoms with E-state index >= 15 is 0 Å². The van der Waals surface area contributed by atoms with Crippen LogP contribution in [0.25, 0.3) is 5.69 Å². The Morgan fingerprint density at radius 3 is 2.58 bits per heavy atom. The SMILES string of the molecule is COc1cc([C@H](C[N+](=O)[O-])Sc2nnc(C)n2-c2ccc(Cl)cc2)cc(Cl)c1OCc1ccccc1C#N. The first kappa shape index (κ1) is 27.3. The van der Waals surface area contributed by atoms with Crippen LogP contribution < -0.4 is 9.47 Å². The zero-order valence-electron chi connectivity index (χ0n) is 20.3. The molecule has 0 radical (unpaired) electrons. The van der Waals surface area contributed by atoms with E-state index in [2.05, 4.69) is 16.3 Å². The van der Waals surface area contributed by atoms with E-state index in [1.165, 1.54) is 18.9 Å². The number of rotatable bonds is 10. The fraction of sp³-hybridized carbons (Fsp3) is 0.192. The van der Waals surface area contributed by atoms with Crippen LogP contribution >= 0.6 is 35.0 Å². The highest BCUT2D eigenvalue weighted by molar-refractivity contribution is 7.99. The molecule has 0 spiro atoms. The standard InChI is InChI=1S/C26H21Cl2N5O4S/c1-16-30-31-26(33(16)21-9-7-20(27)8-10-21)38-24(14-32(34)35)19-11-22(28)25(23(12-19)36-2)37-15-18-6-4-3-5-17(18)13-29/h3-12,24H,14-15H2,1-2H3/t24-/m0/s1. The van der Waals surface area contributed by atoms with Crippen LogP contribution in [0.1, 0.15) is 27.8 Å². The van der Waals surface area contributed by atoms with Crippen LogP contribution in [0.3, 0.4) is 0 Å². The molecule has 0 unspecified atom stereocenters. The summed E-state index contributed by atoms with van der Waals surface area (Å²) >= 11 is 13.8. The Balaban J connectivity index is 1.66. The Bertz CT molecular complexity index is 1500. The number of aromatic nitrogens is 3. The maximum Gasteiger partial charge on any atom is 0.220 e. The van der Waals surface area contributed by atoms with E-state index in [0.29, 0.717) is 38.4 Å². The molecule has 0 amide bonds. The molecule has 9 nitrogen and oxygen atoms in total. The van der Waals surface area contributed by atoms with Crippen molar-refractivity contribution >= 4 is 35.0 Å². The summed E-state index contributed by atoms with van der Waals surface area (Å²) in [4.78, 5) is 11.2. The summed E-state index contributed by atoms with van der Waals surface area (Å²) in [7, 11) is 1.46. The summed E-state index contributed by atoms with van der Waals surface area (Å²) in [5, 5.41) is 30.0. The third-order valence-corrected chi connectivity index (χ3v) is 7.29. The number of halogens is 2. The van der Waals surface area contributed by atoms with Crippen molar-refractivity contribution in [1.29, 1.82) is 5.26 Å². The van der Waals surface area contributed by atoms with E-state index < -0.39 is 16.7 Å². The minimum Gasteiger partial charge on any atom is -0.493 e. The molecule has 0 N–H and O–H groups in total. The molecule has 0 aliphatic rings. The topological polar surface area (TPSA) is 116 Å². The molecule has 0 aliphatic heterocycles. The maximum atomic E-state index is 11.6. The average molecular weight is 570 g/mol. The minimum absolute atomic E-state index is 0.0930. The molecule has 1 heterocycles. The number of methoxy groups -OCH3 is 1. The third kappa shape index (κ3) is 6.19. The minimum atomic E-state index is -0.667. The molecule has 3 aromatic carbocycles.